The van der Waals surface area contributed by atoms with Crippen LogP contribution in [0.2, 0.25) is 10.0 Å². The Bertz CT molecular complexity index is 1880. The fourth-order valence-electron chi connectivity index (χ4n) is 6.48. The second kappa shape index (κ2) is 10.7. The number of halogens is 2. The molecule has 7 rings (SSSR count). The highest BCUT2D eigenvalue weighted by Gasteiger charge is 2.38. The number of aromatic amines is 1. The zero-order valence-corrected chi connectivity index (χ0v) is 23.8. The molecule has 2 aliphatic rings. The molecule has 2 atom stereocenters. The van der Waals surface area contributed by atoms with Gasteiger partial charge in [0, 0.05) is 44.8 Å². The first-order chi connectivity index (χ1) is 20.0. The highest BCUT2D eigenvalue weighted by atomic mass is 35.5. The molecule has 0 bridgehead atoms. The second-order valence-electron chi connectivity index (χ2n) is 10.9. The van der Waals surface area contributed by atoms with Crippen molar-refractivity contribution >= 4 is 45.4 Å². The van der Waals surface area contributed by atoms with Crippen LogP contribution in [-0.4, -0.2) is 11.5 Å². The van der Waals surface area contributed by atoms with Crippen molar-refractivity contribution in [3.8, 4) is 0 Å². The molecule has 0 spiro atoms. The van der Waals surface area contributed by atoms with E-state index in [0.29, 0.717) is 11.6 Å². The number of para-hydroxylation sites is 2. The molecular weight excluding hydrogens is 547 g/mol. The molecule has 2 heterocycles. The van der Waals surface area contributed by atoms with Gasteiger partial charge in [-0.1, -0.05) is 95.5 Å². The smallest absolute Gasteiger partial charge is 0.252 e. The molecule has 2 N–H and O–H groups in total. The minimum absolute atomic E-state index is 0.0367. The zero-order chi connectivity index (χ0) is 27.9. The fraction of sp³-hybridized carbons (Fsp3) is 0.139. The number of rotatable bonds is 5. The Morgan fingerprint density at radius 3 is 2.24 bits per heavy atom. The monoisotopic (exact) mass is 574 g/mol. The lowest BCUT2D eigenvalue weighted by Crippen LogP contribution is -2.32. The Kier molecular flexibility index (Phi) is 6.78. The fourth-order valence-corrected chi connectivity index (χ4v) is 6.74. The van der Waals surface area contributed by atoms with Crippen LogP contribution in [-0.2, 0) is 12.8 Å². The van der Waals surface area contributed by atoms with E-state index < -0.39 is 0 Å². The van der Waals surface area contributed by atoms with E-state index in [4.69, 9.17) is 23.2 Å². The molecule has 202 valence electrons. The van der Waals surface area contributed by atoms with Crippen LogP contribution in [0.1, 0.15) is 28.2 Å². The quantitative estimate of drug-likeness (QED) is 0.220. The maximum absolute atomic E-state index is 13.9. The van der Waals surface area contributed by atoms with Crippen molar-refractivity contribution in [1.29, 1.82) is 0 Å². The summed E-state index contributed by atoms with van der Waals surface area (Å²) in [5, 5.41) is 6.09. The summed E-state index contributed by atoms with van der Waals surface area (Å²) in [7, 11) is 0. The number of anilines is 1. The standard InChI is InChI=1S/C36H28Cl2N2O/c37-27-13-9-22(10-14-27)17-25-19-26-21-39-33-8-4-2-6-29(33)34(26)35(30(25)18-23-11-15-28(38)16-12-23)31-20-24-5-1-3-7-32(24)40-36(31)41/h1-16,19-20,30,35,39H,17-18,21H2,(H,40,41). The van der Waals surface area contributed by atoms with Crippen LogP contribution in [0.25, 0.3) is 16.5 Å². The number of aromatic nitrogens is 1. The summed E-state index contributed by atoms with van der Waals surface area (Å²) < 4.78 is 0. The predicted molar refractivity (Wildman–Crippen MR) is 171 cm³/mol. The maximum Gasteiger partial charge on any atom is 0.252 e. The summed E-state index contributed by atoms with van der Waals surface area (Å²) in [5.74, 6) is -0.0800. The van der Waals surface area contributed by atoms with Gasteiger partial charge in [0.1, 0.15) is 0 Å². The molecule has 0 radical (unpaired) electrons. The Hall–Kier alpha value is -4.05. The first-order valence-electron chi connectivity index (χ1n) is 13.9. The predicted octanol–water partition coefficient (Wildman–Crippen LogP) is 8.84. The Balaban J connectivity index is 1.46. The number of hydrogen-bond donors (Lipinski definition) is 2. The topological polar surface area (TPSA) is 44.9 Å². The molecule has 5 aromatic rings. The van der Waals surface area contributed by atoms with Crippen LogP contribution in [0.15, 0.2) is 125 Å². The summed E-state index contributed by atoms with van der Waals surface area (Å²) in [4.78, 5) is 17.1. The summed E-state index contributed by atoms with van der Waals surface area (Å²) in [6.07, 6.45) is 3.93. The second-order valence-corrected chi connectivity index (χ2v) is 11.8. The molecule has 41 heavy (non-hydrogen) atoms. The van der Waals surface area contributed by atoms with Gasteiger partial charge in [-0.25, -0.2) is 0 Å². The van der Waals surface area contributed by atoms with Crippen LogP contribution in [0, 0.1) is 5.92 Å². The van der Waals surface area contributed by atoms with E-state index in [9.17, 15) is 4.79 Å². The van der Waals surface area contributed by atoms with Gasteiger partial charge in [0.15, 0.2) is 0 Å². The van der Waals surface area contributed by atoms with Crippen LogP contribution in [0.3, 0.4) is 0 Å². The van der Waals surface area contributed by atoms with Crippen molar-refractivity contribution in [3.63, 3.8) is 0 Å². The third-order valence-electron chi connectivity index (χ3n) is 8.39. The lowest BCUT2D eigenvalue weighted by atomic mass is 9.66. The van der Waals surface area contributed by atoms with E-state index in [1.807, 2.05) is 42.5 Å². The van der Waals surface area contributed by atoms with E-state index in [1.54, 1.807) is 0 Å². The van der Waals surface area contributed by atoms with E-state index in [2.05, 4.69) is 77.0 Å². The van der Waals surface area contributed by atoms with E-state index in [0.717, 1.165) is 45.6 Å². The van der Waals surface area contributed by atoms with Crippen molar-refractivity contribution in [2.45, 2.75) is 18.8 Å². The van der Waals surface area contributed by atoms with Gasteiger partial charge in [0.2, 0.25) is 0 Å². The average Bonchev–Trinajstić information content (AvgIpc) is 2.99. The van der Waals surface area contributed by atoms with E-state index in [-0.39, 0.29) is 17.4 Å². The lowest BCUT2D eigenvalue weighted by Gasteiger charge is -2.39. The van der Waals surface area contributed by atoms with Gasteiger partial charge >= 0.3 is 0 Å². The Labute approximate surface area is 249 Å². The van der Waals surface area contributed by atoms with Gasteiger partial charge in [-0.3, -0.25) is 4.79 Å². The van der Waals surface area contributed by atoms with Crippen molar-refractivity contribution in [3.05, 3.63) is 163 Å². The summed E-state index contributed by atoms with van der Waals surface area (Å²) >= 11 is 12.5. The van der Waals surface area contributed by atoms with Gasteiger partial charge in [-0.05, 0) is 88.9 Å². The number of nitrogens with one attached hydrogen (secondary N) is 2. The van der Waals surface area contributed by atoms with Crippen LogP contribution < -0.4 is 10.9 Å². The lowest BCUT2D eigenvalue weighted by molar-refractivity contribution is 0.534. The Morgan fingerprint density at radius 2 is 1.46 bits per heavy atom. The number of hydrogen-bond acceptors (Lipinski definition) is 2. The van der Waals surface area contributed by atoms with Gasteiger partial charge in [-0.15, -0.1) is 0 Å². The number of benzene rings is 4. The molecule has 0 fully saturated rings. The van der Waals surface area contributed by atoms with Crippen molar-refractivity contribution in [1.82, 2.24) is 4.98 Å². The molecule has 0 saturated heterocycles. The number of allylic oxidation sites excluding steroid dienone is 2. The number of fused-ring (bicyclic) bond motifs is 3. The summed E-state index contributed by atoms with van der Waals surface area (Å²) in [5.41, 5.74) is 10.0. The zero-order valence-electron chi connectivity index (χ0n) is 22.3. The highest BCUT2D eigenvalue weighted by Crippen LogP contribution is 2.51. The van der Waals surface area contributed by atoms with Crippen molar-refractivity contribution < 1.29 is 0 Å². The largest absolute Gasteiger partial charge is 0.380 e. The van der Waals surface area contributed by atoms with Gasteiger partial charge in [0.05, 0.1) is 0 Å². The van der Waals surface area contributed by atoms with Gasteiger partial charge in [-0.2, -0.15) is 0 Å². The first kappa shape index (κ1) is 25.9. The third-order valence-corrected chi connectivity index (χ3v) is 8.89. The van der Waals surface area contributed by atoms with Crippen LogP contribution in [0.4, 0.5) is 5.69 Å². The molecule has 5 heteroatoms. The highest BCUT2D eigenvalue weighted by molar-refractivity contribution is 6.30. The number of H-pyrrole nitrogens is 1. The molecule has 2 unspecified atom stereocenters. The first-order valence-corrected chi connectivity index (χ1v) is 14.7. The van der Waals surface area contributed by atoms with Crippen molar-refractivity contribution in [2.24, 2.45) is 5.92 Å². The van der Waals surface area contributed by atoms with Gasteiger partial charge < -0.3 is 10.3 Å². The molecule has 4 aromatic carbocycles. The minimum Gasteiger partial charge on any atom is -0.380 e. The molecule has 1 aromatic heterocycles. The molecule has 0 amide bonds. The molecule has 1 aliphatic carbocycles. The average molecular weight is 576 g/mol. The normalized spacial score (nSPS) is 18.0. The summed E-state index contributed by atoms with van der Waals surface area (Å²) in [6, 6.07) is 34.8. The maximum atomic E-state index is 13.9. The van der Waals surface area contributed by atoms with Crippen LogP contribution >= 0.6 is 23.2 Å². The molecule has 3 nitrogen and oxygen atoms in total. The molecule has 1 aliphatic heterocycles. The minimum atomic E-state index is -0.135. The Morgan fingerprint density at radius 1 is 0.780 bits per heavy atom. The van der Waals surface area contributed by atoms with E-state index >= 15 is 0 Å². The van der Waals surface area contributed by atoms with E-state index in [1.165, 1.54) is 27.8 Å². The van der Waals surface area contributed by atoms with Crippen LogP contribution in [0.5, 0.6) is 0 Å². The molecular formula is C36H28Cl2N2O. The molecule has 0 saturated carbocycles. The SMILES string of the molecule is O=c1[nH]c2ccccc2cc1C1C2=C(C=C(Cc3ccc(Cl)cc3)C1Cc1ccc(Cl)cc1)CNc1ccccc12. The van der Waals surface area contributed by atoms with Crippen molar-refractivity contribution in [2.75, 3.05) is 11.9 Å². The third kappa shape index (κ3) is 5.01. The van der Waals surface area contributed by atoms with Gasteiger partial charge in [0.25, 0.3) is 5.56 Å². The summed E-state index contributed by atoms with van der Waals surface area (Å²) in [6.45, 7) is 0.714. The number of pyridine rings is 1.